The van der Waals surface area contributed by atoms with Crippen LogP contribution < -0.4 is 0 Å². The van der Waals surface area contributed by atoms with Crippen molar-refractivity contribution in [3.05, 3.63) is 28.2 Å². The van der Waals surface area contributed by atoms with Gasteiger partial charge in [-0.3, -0.25) is 4.79 Å². The standard InChI is InChI=1S/C17H19Cl2N3O2S/c1-22(12-5-3-2-4-6-12)15(23)10-25-17-21-20-16(24-17)13-8-7-11(18)9-14(13)19/h7-9,12H,2-6,10H2,1H3. The Bertz CT molecular complexity index is 747. The van der Waals surface area contributed by atoms with Gasteiger partial charge in [-0.15, -0.1) is 10.2 Å². The number of hydrogen-bond acceptors (Lipinski definition) is 5. The lowest BCUT2D eigenvalue weighted by atomic mass is 9.94. The second-order valence-electron chi connectivity index (χ2n) is 6.08. The SMILES string of the molecule is CN(C(=O)CSc1nnc(-c2ccc(Cl)cc2Cl)o1)C1CCCCC1. The van der Waals surface area contributed by atoms with Gasteiger partial charge in [-0.2, -0.15) is 0 Å². The van der Waals surface area contributed by atoms with Crippen LogP contribution in [-0.4, -0.2) is 39.8 Å². The fourth-order valence-corrected chi connectivity index (χ4v) is 4.11. The maximum atomic E-state index is 12.4. The molecule has 0 radical (unpaired) electrons. The summed E-state index contributed by atoms with van der Waals surface area (Å²) in [5.41, 5.74) is 0.621. The first kappa shape index (κ1) is 18.5. The molecule has 8 heteroatoms. The normalized spacial score (nSPS) is 15.3. The number of nitrogens with zero attached hydrogens (tertiary/aromatic N) is 3. The summed E-state index contributed by atoms with van der Waals surface area (Å²) in [5.74, 6) is 0.682. The van der Waals surface area contributed by atoms with Crippen LogP contribution >= 0.6 is 35.0 Å². The maximum absolute atomic E-state index is 12.4. The van der Waals surface area contributed by atoms with Crippen molar-refractivity contribution in [3.8, 4) is 11.5 Å². The molecule has 0 atom stereocenters. The highest BCUT2D eigenvalue weighted by Crippen LogP contribution is 2.31. The number of rotatable bonds is 5. The van der Waals surface area contributed by atoms with Crippen LogP contribution in [0.2, 0.25) is 10.0 Å². The van der Waals surface area contributed by atoms with E-state index in [0.717, 1.165) is 12.8 Å². The third-order valence-corrected chi connectivity index (χ3v) is 5.75. The molecule has 0 N–H and O–H groups in total. The zero-order chi connectivity index (χ0) is 17.8. The van der Waals surface area contributed by atoms with Gasteiger partial charge in [0.25, 0.3) is 5.22 Å². The van der Waals surface area contributed by atoms with Gasteiger partial charge in [-0.05, 0) is 31.0 Å². The van der Waals surface area contributed by atoms with Gasteiger partial charge in [-0.25, -0.2) is 0 Å². The molecule has 2 aromatic rings. The van der Waals surface area contributed by atoms with Crippen molar-refractivity contribution < 1.29 is 9.21 Å². The predicted octanol–water partition coefficient (Wildman–Crippen LogP) is 4.93. The van der Waals surface area contributed by atoms with Gasteiger partial charge in [0.1, 0.15) is 0 Å². The first-order valence-corrected chi connectivity index (χ1v) is 9.96. The zero-order valence-electron chi connectivity index (χ0n) is 13.9. The molecular formula is C17H19Cl2N3O2S. The molecule has 134 valence electrons. The molecule has 0 bridgehead atoms. The molecule has 1 fully saturated rings. The van der Waals surface area contributed by atoms with Crippen LogP contribution in [0.25, 0.3) is 11.5 Å². The molecule has 1 aliphatic carbocycles. The van der Waals surface area contributed by atoms with Gasteiger partial charge in [0.2, 0.25) is 11.8 Å². The van der Waals surface area contributed by atoms with Gasteiger partial charge in [0.05, 0.1) is 16.3 Å². The van der Waals surface area contributed by atoms with Gasteiger partial charge in [0.15, 0.2) is 0 Å². The average Bonchev–Trinajstić information content (AvgIpc) is 3.08. The van der Waals surface area contributed by atoms with Crippen LogP contribution in [0.1, 0.15) is 32.1 Å². The first-order valence-electron chi connectivity index (χ1n) is 8.22. The van der Waals surface area contributed by atoms with Crippen LogP contribution in [0.15, 0.2) is 27.8 Å². The minimum Gasteiger partial charge on any atom is -0.411 e. The largest absolute Gasteiger partial charge is 0.411 e. The third-order valence-electron chi connectivity index (χ3n) is 4.40. The number of halogens is 2. The summed E-state index contributed by atoms with van der Waals surface area (Å²) in [7, 11) is 1.88. The number of hydrogen-bond donors (Lipinski definition) is 0. The quantitative estimate of drug-likeness (QED) is 0.667. The molecule has 0 unspecified atom stereocenters. The van der Waals surface area contributed by atoms with Crippen molar-refractivity contribution in [2.75, 3.05) is 12.8 Å². The number of aromatic nitrogens is 2. The zero-order valence-corrected chi connectivity index (χ0v) is 16.2. The summed E-state index contributed by atoms with van der Waals surface area (Å²) in [6.07, 6.45) is 5.85. The van der Waals surface area contributed by atoms with Crippen LogP contribution in [0, 0.1) is 0 Å². The number of benzene rings is 1. The Morgan fingerprint density at radius 2 is 2.04 bits per heavy atom. The Morgan fingerprint density at radius 3 is 2.76 bits per heavy atom. The molecule has 0 spiro atoms. The summed E-state index contributed by atoms with van der Waals surface area (Å²) < 4.78 is 5.61. The first-order chi connectivity index (χ1) is 12.0. The highest BCUT2D eigenvalue weighted by Gasteiger charge is 2.22. The smallest absolute Gasteiger partial charge is 0.277 e. The molecule has 1 aromatic carbocycles. The summed E-state index contributed by atoms with van der Waals surface area (Å²) >= 11 is 13.3. The third kappa shape index (κ3) is 4.68. The van der Waals surface area contributed by atoms with Crippen LogP contribution in [0.3, 0.4) is 0 Å². The number of carbonyl (C=O) groups excluding carboxylic acids is 1. The Balaban J connectivity index is 1.59. The minimum absolute atomic E-state index is 0.0844. The van der Waals surface area contributed by atoms with E-state index in [9.17, 15) is 4.79 Å². The van der Waals surface area contributed by atoms with Crippen molar-refractivity contribution in [1.29, 1.82) is 0 Å². The molecule has 1 heterocycles. The maximum Gasteiger partial charge on any atom is 0.277 e. The van der Waals surface area contributed by atoms with Crippen molar-refractivity contribution in [3.63, 3.8) is 0 Å². The fraction of sp³-hybridized carbons (Fsp3) is 0.471. The summed E-state index contributed by atoms with van der Waals surface area (Å²) in [6.45, 7) is 0. The molecule has 0 aliphatic heterocycles. The average molecular weight is 400 g/mol. The van der Waals surface area contributed by atoms with E-state index in [2.05, 4.69) is 10.2 Å². The van der Waals surface area contributed by atoms with E-state index < -0.39 is 0 Å². The Morgan fingerprint density at radius 1 is 1.28 bits per heavy atom. The molecule has 1 aliphatic rings. The van der Waals surface area contributed by atoms with E-state index in [0.29, 0.717) is 32.8 Å². The number of carbonyl (C=O) groups is 1. The van der Waals surface area contributed by atoms with Crippen LogP contribution in [0.4, 0.5) is 0 Å². The molecule has 1 aromatic heterocycles. The Kier molecular flexibility index (Phi) is 6.25. The van der Waals surface area contributed by atoms with Crippen LogP contribution in [-0.2, 0) is 4.79 Å². The summed E-state index contributed by atoms with van der Waals surface area (Å²) in [6, 6.07) is 5.42. The van der Waals surface area contributed by atoms with E-state index in [1.165, 1.54) is 31.0 Å². The molecule has 5 nitrogen and oxygen atoms in total. The van der Waals surface area contributed by atoms with Gasteiger partial charge in [0, 0.05) is 18.1 Å². The second kappa shape index (κ2) is 8.43. The fourth-order valence-electron chi connectivity index (χ4n) is 2.94. The lowest BCUT2D eigenvalue weighted by Crippen LogP contribution is -2.39. The van der Waals surface area contributed by atoms with E-state index in [4.69, 9.17) is 27.6 Å². The van der Waals surface area contributed by atoms with Crippen molar-refractivity contribution in [2.24, 2.45) is 0 Å². The molecule has 1 saturated carbocycles. The molecule has 0 saturated heterocycles. The highest BCUT2D eigenvalue weighted by atomic mass is 35.5. The lowest BCUT2D eigenvalue weighted by Gasteiger charge is -2.31. The van der Waals surface area contributed by atoms with E-state index >= 15 is 0 Å². The topological polar surface area (TPSA) is 59.2 Å². The number of amides is 1. The van der Waals surface area contributed by atoms with Crippen LogP contribution in [0.5, 0.6) is 0 Å². The Hall–Kier alpha value is -1.24. The Labute approximate surface area is 161 Å². The second-order valence-corrected chi connectivity index (χ2v) is 7.85. The van der Waals surface area contributed by atoms with E-state index in [-0.39, 0.29) is 11.7 Å². The highest BCUT2D eigenvalue weighted by molar-refractivity contribution is 7.99. The van der Waals surface area contributed by atoms with E-state index in [1.807, 2.05) is 11.9 Å². The predicted molar refractivity (Wildman–Crippen MR) is 100 cm³/mol. The molecule has 1 amide bonds. The minimum atomic E-state index is 0.0844. The summed E-state index contributed by atoms with van der Waals surface area (Å²) in [5, 5.41) is 9.32. The monoisotopic (exact) mass is 399 g/mol. The molecule has 3 rings (SSSR count). The molecular weight excluding hydrogens is 381 g/mol. The van der Waals surface area contributed by atoms with Crippen molar-refractivity contribution >= 4 is 40.9 Å². The van der Waals surface area contributed by atoms with Gasteiger partial charge >= 0.3 is 0 Å². The van der Waals surface area contributed by atoms with Gasteiger partial charge < -0.3 is 9.32 Å². The lowest BCUT2D eigenvalue weighted by molar-refractivity contribution is -0.129. The van der Waals surface area contributed by atoms with E-state index in [1.54, 1.807) is 18.2 Å². The van der Waals surface area contributed by atoms with Gasteiger partial charge in [-0.1, -0.05) is 54.2 Å². The summed E-state index contributed by atoms with van der Waals surface area (Å²) in [4.78, 5) is 14.2. The van der Waals surface area contributed by atoms with Crippen molar-refractivity contribution in [2.45, 2.75) is 43.4 Å². The number of thioether (sulfide) groups is 1. The van der Waals surface area contributed by atoms with Crippen molar-refractivity contribution in [1.82, 2.24) is 15.1 Å². The molecule has 25 heavy (non-hydrogen) atoms.